The predicted octanol–water partition coefficient (Wildman–Crippen LogP) is 0.636. The zero-order valence-corrected chi connectivity index (χ0v) is 8.57. The van der Waals surface area contributed by atoms with Crippen molar-refractivity contribution in [3.8, 4) is 11.6 Å². The number of nitrogens with zero attached hydrogens (tertiary/aromatic N) is 2. The molecule has 0 aromatic carbocycles. The summed E-state index contributed by atoms with van der Waals surface area (Å²) < 4.78 is 1.13. The van der Waals surface area contributed by atoms with Gasteiger partial charge in [0.2, 0.25) is 5.88 Å². The summed E-state index contributed by atoms with van der Waals surface area (Å²) in [6.45, 7) is 0. The highest BCUT2D eigenvalue weighted by atomic mass is 16.4. The minimum absolute atomic E-state index is 0.241. The molecule has 0 aliphatic heterocycles. The number of hydrogen-bond acceptors (Lipinski definition) is 4. The van der Waals surface area contributed by atoms with Gasteiger partial charge in [-0.15, -0.1) is 0 Å². The van der Waals surface area contributed by atoms with Crippen molar-refractivity contribution in [1.82, 2.24) is 9.55 Å². The number of rotatable bonds is 2. The van der Waals surface area contributed by atoms with Gasteiger partial charge in [0.05, 0.1) is 5.69 Å². The van der Waals surface area contributed by atoms with Crippen LogP contribution in [-0.4, -0.2) is 25.7 Å². The third-order valence-corrected chi connectivity index (χ3v) is 2.18. The molecule has 2 rings (SSSR count). The van der Waals surface area contributed by atoms with Crippen LogP contribution in [0.4, 0.5) is 0 Å². The first-order chi connectivity index (χ1) is 8.09. The van der Waals surface area contributed by atoms with Crippen LogP contribution in [-0.2, 0) is 0 Å². The molecule has 0 bridgehead atoms. The maximum absolute atomic E-state index is 11.8. The van der Waals surface area contributed by atoms with E-state index in [0.717, 1.165) is 4.57 Å². The minimum atomic E-state index is -1.29. The van der Waals surface area contributed by atoms with E-state index in [1.54, 1.807) is 0 Å². The van der Waals surface area contributed by atoms with Gasteiger partial charge in [0.25, 0.3) is 5.56 Å². The van der Waals surface area contributed by atoms with Crippen molar-refractivity contribution in [1.29, 1.82) is 0 Å². The molecule has 2 heterocycles. The number of aromatic carboxylic acids is 1. The summed E-state index contributed by atoms with van der Waals surface area (Å²) in [4.78, 5) is 26.2. The highest BCUT2D eigenvalue weighted by molar-refractivity contribution is 5.87. The van der Waals surface area contributed by atoms with Gasteiger partial charge in [-0.05, 0) is 18.2 Å². The fourth-order valence-electron chi connectivity index (χ4n) is 1.42. The normalized spacial score (nSPS) is 10.1. The molecule has 0 atom stereocenters. The van der Waals surface area contributed by atoms with E-state index in [0.29, 0.717) is 5.69 Å². The smallest absolute Gasteiger partial charge is 0.341 e. The van der Waals surface area contributed by atoms with E-state index < -0.39 is 11.5 Å². The molecule has 0 unspecified atom stereocenters. The predicted molar refractivity (Wildman–Crippen MR) is 58.5 cm³/mol. The van der Waals surface area contributed by atoms with E-state index in [4.69, 9.17) is 5.11 Å². The second kappa shape index (κ2) is 4.09. The van der Waals surface area contributed by atoms with Gasteiger partial charge in [-0.2, -0.15) is 0 Å². The SMILES string of the molecule is O=C(O)c1cccn(-c2ccnc(O)c2)c1=O. The highest BCUT2D eigenvalue weighted by Gasteiger charge is 2.11. The largest absolute Gasteiger partial charge is 0.493 e. The first-order valence-electron chi connectivity index (χ1n) is 4.70. The zero-order valence-electron chi connectivity index (χ0n) is 8.57. The summed E-state index contributed by atoms with van der Waals surface area (Å²) in [5.41, 5.74) is -0.639. The number of carbonyl (C=O) groups is 1. The van der Waals surface area contributed by atoms with Gasteiger partial charge in [0.1, 0.15) is 5.56 Å². The summed E-state index contributed by atoms with van der Waals surface area (Å²) in [6, 6.07) is 5.43. The van der Waals surface area contributed by atoms with E-state index in [1.807, 2.05) is 0 Å². The Morgan fingerprint density at radius 1 is 1.35 bits per heavy atom. The van der Waals surface area contributed by atoms with Crippen molar-refractivity contribution < 1.29 is 15.0 Å². The molecule has 0 spiro atoms. The van der Waals surface area contributed by atoms with E-state index in [1.165, 1.54) is 36.7 Å². The maximum Gasteiger partial charge on any atom is 0.341 e. The molecule has 2 aromatic heterocycles. The van der Waals surface area contributed by atoms with E-state index in [9.17, 15) is 14.7 Å². The first-order valence-corrected chi connectivity index (χ1v) is 4.70. The number of hydrogen-bond donors (Lipinski definition) is 2. The van der Waals surface area contributed by atoms with Crippen molar-refractivity contribution in [2.24, 2.45) is 0 Å². The van der Waals surface area contributed by atoms with Crippen molar-refractivity contribution in [2.75, 3.05) is 0 Å². The number of aromatic nitrogens is 2. The lowest BCUT2D eigenvalue weighted by Crippen LogP contribution is -2.24. The molecule has 0 aliphatic carbocycles. The van der Waals surface area contributed by atoms with Gasteiger partial charge in [-0.3, -0.25) is 9.36 Å². The molecule has 0 amide bonds. The summed E-state index contributed by atoms with van der Waals surface area (Å²) >= 11 is 0. The Morgan fingerprint density at radius 3 is 2.76 bits per heavy atom. The van der Waals surface area contributed by atoms with Crippen molar-refractivity contribution in [2.45, 2.75) is 0 Å². The van der Waals surface area contributed by atoms with Gasteiger partial charge in [-0.1, -0.05) is 0 Å². The number of carboxylic acids is 1. The topological polar surface area (TPSA) is 92.4 Å². The van der Waals surface area contributed by atoms with Crippen LogP contribution < -0.4 is 5.56 Å². The second-order valence-electron chi connectivity index (χ2n) is 3.27. The molecule has 17 heavy (non-hydrogen) atoms. The summed E-state index contributed by atoms with van der Waals surface area (Å²) in [6.07, 6.45) is 2.74. The first kappa shape index (κ1) is 10.9. The van der Waals surface area contributed by atoms with Crippen LogP contribution in [0, 0.1) is 0 Å². The Balaban J connectivity index is 2.65. The molecule has 0 saturated carbocycles. The van der Waals surface area contributed by atoms with Crippen molar-refractivity contribution in [3.63, 3.8) is 0 Å². The van der Waals surface area contributed by atoms with Crippen LogP contribution in [0.1, 0.15) is 10.4 Å². The molecular weight excluding hydrogens is 224 g/mol. The van der Waals surface area contributed by atoms with Crippen LogP contribution in [0.25, 0.3) is 5.69 Å². The molecule has 6 heteroatoms. The number of pyridine rings is 2. The van der Waals surface area contributed by atoms with Gasteiger partial charge >= 0.3 is 5.97 Å². The number of carboxylic acid groups (broad SMARTS) is 1. The lowest BCUT2D eigenvalue weighted by molar-refractivity contribution is 0.0694. The maximum atomic E-state index is 11.8. The van der Waals surface area contributed by atoms with Gasteiger partial charge in [-0.25, -0.2) is 9.78 Å². The van der Waals surface area contributed by atoms with Crippen LogP contribution >= 0.6 is 0 Å². The van der Waals surface area contributed by atoms with E-state index >= 15 is 0 Å². The van der Waals surface area contributed by atoms with Crippen LogP contribution in [0.5, 0.6) is 5.88 Å². The average Bonchev–Trinajstić information content (AvgIpc) is 2.29. The lowest BCUT2D eigenvalue weighted by Gasteiger charge is -2.05. The fourth-order valence-corrected chi connectivity index (χ4v) is 1.42. The molecule has 0 saturated heterocycles. The van der Waals surface area contributed by atoms with Crippen molar-refractivity contribution >= 4 is 5.97 Å². The third kappa shape index (κ3) is 2.00. The third-order valence-electron chi connectivity index (χ3n) is 2.18. The average molecular weight is 232 g/mol. The Hall–Kier alpha value is -2.63. The minimum Gasteiger partial charge on any atom is -0.493 e. The van der Waals surface area contributed by atoms with Crippen molar-refractivity contribution in [3.05, 3.63) is 52.6 Å². The fraction of sp³-hybridized carbons (Fsp3) is 0. The van der Waals surface area contributed by atoms with E-state index in [2.05, 4.69) is 4.98 Å². The monoisotopic (exact) mass is 232 g/mol. The van der Waals surface area contributed by atoms with E-state index in [-0.39, 0.29) is 11.4 Å². The molecule has 0 radical (unpaired) electrons. The molecule has 0 fully saturated rings. The van der Waals surface area contributed by atoms with Crippen LogP contribution in [0.2, 0.25) is 0 Å². The number of aromatic hydroxyl groups is 1. The molecule has 0 aliphatic rings. The molecule has 86 valence electrons. The molecule has 2 aromatic rings. The summed E-state index contributed by atoms with van der Waals surface area (Å²) in [5.74, 6) is -1.53. The zero-order chi connectivity index (χ0) is 12.4. The summed E-state index contributed by atoms with van der Waals surface area (Å²) in [7, 11) is 0. The highest BCUT2D eigenvalue weighted by Crippen LogP contribution is 2.10. The second-order valence-corrected chi connectivity index (χ2v) is 3.27. The molecule has 6 nitrogen and oxygen atoms in total. The summed E-state index contributed by atoms with van der Waals surface area (Å²) in [5, 5.41) is 18.0. The standard InChI is InChI=1S/C11H8N2O4/c14-9-6-7(3-4-12-9)13-5-1-2-8(10(13)15)11(16)17/h1-6H,(H,12,14)(H,16,17). The van der Waals surface area contributed by atoms with Crippen LogP contribution in [0.3, 0.4) is 0 Å². The van der Waals surface area contributed by atoms with Crippen LogP contribution in [0.15, 0.2) is 41.5 Å². The van der Waals surface area contributed by atoms with Gasteiger partial charge in [0, 0.05) is 18.5 Å². The quantitative estimate of drug-likeness (QED) is 0.792. The molecular formula is C11H8N2O4. The van der Waals surface area contributed by atoms with Gasteiger partial charge < -0.3 is 10.2 Å². The Labute approximate surface area is 95.4 Å². The Kier molecular flexibility index (Phi) is 2.61. The lowest BCUT2D eigenvalue weighted by atomic mass is 10.2. The molecule has 2 N–H and O–H groups in total. The van der Waals surface area contributed by atoms with Gasteiger partial charge in [0.15, 0.2) is 0 Å². The Bertz CT molecular complexity index is 633. The Morgan fingerprint density at radius 2 is 2.12 bits per heavy atom.